The van der Waals surface area contributed by atoms with Crippen LogP contribution in [0.2, 0.25) is 10.0 Å². The van der Waals surface area contributed by atoms with Gasteiger partial charge in [-0.3, -0.25) is 4.68 Å². The van der Waals surface area contributed by atoms with Crippen LogP contribution in [0, 0.1) is 13.8 Å². The van der Waals surface area contributed by atoms with Crippen molar-refractivity contribution in [3.63, 3.8) is 0 Å². The van der Waals surface area contributed by atoms with E-state index in [4.69, 9.17) is 27.9 Å². The molecule has 9 heteroatoms. The van der Waals surface area contributed by atoms with Crippen LogP contribution in [-0.2, 0) is 11.3 Å². The number of esters is 1. The highest BCUT2D eigenvalue weighted by Crippen LogP contribution is 2.25. The normalized spacial score (nSPS) is 10.6. The number of urea groups is 1. The average Bonchev–Trinajstić information content (AvgIpc) is 2.99. The van der Waals surface area contributed by atoms with Crippen molar-refractivity contribution in [2.75, 3.05) is 17.2 Å². The van der Waals surface area contributed by atoms with Gasteiger partial charge in [0.2, 0.25) is 0 Å². The Kier molecular flexibility index (Phi) is 7.20. The Balaban J connectivity index is 1.67. The zero-order chi connectivity index (χ0) is 22.5. The Morgan fingerprint density at radius 2 is 1.74 bits per heavy atom. The fraction of sp³-hybridized carbons (Fsp3) is 0.227. The number of halogens is 2. The van der Waals surface area contributed by atoms with Crippen LogP contribution >= 0.6 is 23.2 Å². The summed E-state index contributed by atoms with van der Waals surface area (Å²) in [5, 5.41) is 11.1. The number of aromatic nitrogens is 2. The van der Waals surface area contributed by atoms with Crippen LogP contribution in [0.1, 0.15) is 34.2 Å². The Morgan fingerprint density at radius 1 is 1.03 bits per heavy atom. The van der Waals surface area contributed by atoms with E-state index in [-0.39, 0.29) is 0 Å². The van der Waals surface area contributed by atoms with Crippen LogP contribution < -0.4 is 10.6 Å². The molecule has 3 rings (SSSR count). The molecule has 0 saturated heterocycles. The first-order valence-corrected chi connectivity index (χ1v) is 10.4. The van der Waals surface area contributed by atoms with E-state index in [0.29, 0.717) is 45.8 Å². The third kappa shape index (κ3) is 5.57. The van der Waals surface area contributed by atoms with Crippen molar-refractivity contribution in [3.05, 3.63) is 75.0 Å². The molecule has 0 atom stereocenters. The number of ether oxygens (including phenoxy) is 1. The average molecular weight is 461 g/mol. The summed E-state index contributed by atoms with van der Waals surface area (Å²) >= 11 is 12.1. The monoisotopic (exact) mass is 460 g/mol. The van der Waals surface area contributed by atoms with Crippen molar-refractivity contribution in [3.8, 4) is 0 Å². The molecular weight excluding hydrogens is 439 g/mol. The fourth-order valence-corrected chi connectivity index (χ4v) is 3.34. The minimum absolute atomic E-state index is 0.304. The molecule has 1 aromatic heterocycles. The molecule has 0 aliphatic carbocycles. The van der Waals surface area contributed by atoms with Crippen LogP contribution in [0.25, 0.3) is 0 Å². The van der Waals surface area contributed by atoms with Gasteiger partial charge >= 0.3 is 12.0 Å². The topological polar surface area (TPSA) is 85.2 Å². The second-order valence-electron chi connectivity index (χ2n) is 6.83. The van der Waals surface area contributed by atoms with E-state index in [2.05, 4.69) is 15.7 Å². The molecule has 0 aliphatic heterocycles. The number of rotatable bonds is 6. The second kappa shape index (κ2) is 9.85. The standard InChI is InChI=1S/C22H22Cl2N4O3/c1-4-31-21(29)16-6-8-17(9-7-16)25-22(30)26-20-13(2)27-28(14(20)3)12-15-5-10-18(23)19(24)11-15/h5-11H,4,12H2,1-3H3,(H2,25,26,30). The summed E-state index contributed by atoms with van der Waals surface area (Å²) < 4.78 is 6.74. The van der Waals surface area contributed by atoms with Crippen molar-refractivity contribution in [2.24, 2.45) is 0 Å². The van der Waals surface area contributed by atoms with Gasteiger partial charge in [-0.15, -0.1) is 0 Å². The Morgan fingerprint density at radius 3 is 2.39 bits per heavy atom. The highest BCUT2D eigenvalue weighted by Gasteiger charge is 2.15. The van der Waals surface area contributed by atoms with Gasteiger partial charge in [-0.1, -0.05) is 29.3 Å². The van der Waals surface area contributed by atoms with E-state index in [0.717, 1.165) is 11.3 Å². The van der Waals surface area contributed by atoms with E-state index in [1.165, 1.54) is 0 Å². The van der Waals surface area contributed by atoms with Gasteiger partial charge in [0.15, 0.2) is 0 Å². The first-order valence-electron chi connectivity index (χ1n) is 9.61. The highest BCUT2D eigenvalue weighted by atomic mass is 35.5. The summed E-state index contributed by atoms with van der Waals surface area (Å²) in [6, 6.07) is 11.5. The maximum absolute atomic E-state index is 12.5. The van der Waals surface area contributed by atoms with Gasteiger partial charge < -0.3 is 15.4 Å². The van der Waals surface area contributed by atoms with Crippen LogP contribution in [-0.4, -0.2) is 28.4 Å². The highest BCUT2D eigenvalue weighted by molar-refractivity contribution is 6.42. The molecule has 0 spiro atoms. The van der Waals surface area contributed by atoms with Crippen LogP contribution in [0.15, 0.2) is 42.5 Å². The van der Waals surface area contributed by atoms with E-state index in [1.807, 2.05) is 19.9 Å². The quantitative estimate of drug-likeness (QED) is 0.463. The predicted octanol–water partition coefficient (Wildman–Crippen LogP) is 5.68. The van der Waals surface area contributed by atoms with Gasteiger partial charge in [0.05, 0.1) is 45.8 Å². The summed E-state index contributed by atoms with van der Waals surface area (Å²) in [6.45, 7) is 6.24. The molecule has 3 aromatic rings. The lowest BCUT2D eigenvalue weighted by atomic mass is 10.2. The minimum Gasteiger partial charge on any atom is -0.462 e. The molecule has 0 fully saturated rings. The molecule has 2 amide bonds. The van der Waals surface area contributed by atoms with Crippen molar-refractivity contribution in [2.45, 2.75) is 27.3 Å². The Labute approximate surface area is 190 Å². The molecule has 0 aliphatic rings. The van der Waals surface area contributed by atoms with Gasteiger partial charge in [-0.05, 0) is 62.7 Å². The lowest BCUT2D eigenvalue weighted by molar-refractivity contribution is 0.0526. The molecule has 0 radical (unpaired) electrons. The zero-order valence-corrected chi connectivity index (χ0v) is 18.8. The Bertz CT molecular complexity index is 1110. The third-order valence-corrected chi connectivity index (χ3v) is 5.33. The summed E-state index contributed by atoms with van der Waals surface area (Å²) in [5.41, 5.74) is 4.02. The summed E-state index contributed by atoms with van der Waals surface area (Å²) in [7, 11) is 0. The van der Waals surface area contributed by atoms with Gasteiger partial charge in [0, 0.05) is 5.69 Å². The van der Waals surface area contributed by atoms with Gasteiger partial charge in [-0.25, -0.2) is 9.59 Å². The van der Waals surface area contributed by atoms with Crippen molar-refractivity contribution in [1.29, 1.82) is 0 Å². The number of anilines is 2. The van der Waals surface area contributed by atoms with Gasteiger partial charge in [0.25, 0.3) is 0 Å². The lowest BCUT2D eigenvalue weighted by Gasteiger charge is -2.10. The minimum atomic E-state index is -0.413. The van der Waals surface area contributed by atoms with Gasteiger partial charge in [-0.2, -0.15) is 5.10 Å². The van der Waals surface area contributed by atoms with Crippen LogP contribution in [0.4, 0.5) is 16.2 Å². The largest absolute Gasteiger partial charge is 0.462 e. The van der Waals surface area contributed by atoms with E-state index >= 15 is 0 Å². The zero-order valence-electron chi connectivity index (χ0n) is 17.3. The fourth-order valence-electron chi connectivity index (χ4n) is 3.02. The van der Waals surface area contributed by atoms with E-state index in [9.17, 15) is 9.59 Å². The molecule has 0 unspecified atom stereocenters. The number of hydrogen-bond acceptors (Lipinski definition) is 4. The molecule has 2 N–H and O–H groups in total. The number of amides is 2. The van der Waals surface area contributed by atoms with E-state index < -0.39 is 12.0 Å². The van der Waals surface area contributed by atoms with Crippen molar-refractivity contribution < 1.29 is 14.3 Å². The molecule has 31 heavy (non-hydrogen) atoms. The third-order valence-electron chi connectivity index (χ3n) is 4.59. The second-order valence-corrected chi connectivity index (χ2v) is 7.64. The SMILES string of the molecule is CCOC(=O)c1ccc(NC(=O)Nc2c(C)nn(Cc3ccc(Cl)c(Cl)c3)c2C)cc1. The van der Waals surface area contributed by atoms with E-state index in [1.54, 1.807) is 48.0 Å². The number of nitrogens with zero attached hydrogens (tertiary/aromatic N) is 2. The first kappa shape index (κ1) is 22.7. The molecule has 2 aromatic carbocycles. The lowest BCUT2D eigenvalue weighted by Crippen LogP contribution is -2.20. The summed E-state index contributed by atoms with van der Waals surface area (Å²) in [4.78, 5) is 24.2. The first-order chi connectivity index (χ1) is 14.8. The number of benzene rings is 2. The molecule has 1 heterocycles. The van der Waals surface area contributed by atoms with Crippen LogP contribution in [0.5, 0.6) is 0 Å². The molecule has 7 nitrogen and oxygen atoms in total. The number of nitrogens with one attached hydrogen (secondary N) is 2. The number of hydrogen-bond donors (Lipinski definition) is 2. The smallest absolute Gasteiger partial charge is 0.338 e. The molecule has 0 bridgehead atoms. The predicted molar refractivity (Wildman–Crippen MR) is 122 cm³/mol. The number of carbonyl (C=O) groups excluding carboxylic acids is 2. The van der Waals surface area contributed by atoms with Crippen molar-refractivity contribution >= 4 is 46.6 Å². The maximum atomic E-state index is 12.5. The maximum Gasteiger partial charge on any atom is 0.338 e. The summed E-state index contributed by atoms with van der Waals surface area (Å²) in [5.74, 6) is -0.404. The number of carbonyl (C=O) groups is 2. The molecular formula is C22H22Cl2N4O3. The number of aryl methyl sites for hydroxylation is 1. The van der Waals surface area contributed by atoms with Gasteiger partial charge in [0.1, 0.15) is 0 Å². The molecule has 162 valence electrons. The molecule has 0 saturated carbocycles. The van der Waals surface area contributed by atoms with Crippen LogP contribution in [0.3, 0.4) is 0 Å². The summed E-state index contributed by atoms with van der Waals surface area (Å²) in [6.07, 6.45) is 0. The Hall–Kier alpha value is -3.03. The van der Waals surface area contributed by atoms with Crippen molar-refractivity contribution in [1.82, 2.24) is 9.78 Å².